The molecule has 4 aromatic rings. The zero-order valence-corrected chi connectivity index (χ0v) is 20.0. The van der Waals surface area contributed by atoms with Crippen molar-refractivity contribution in [1.82, 2.24) is 24.6 Å². The first-order valence-electron chi connectivity index (χ1n) is 11.0. The first-order valence-corrected chi connectivity index (χ1v) is 11.7. The van der Waals surface area contributed by atoms with Crippen LogP contribution in [0.1, 0.15) is 30.7 Å². The van der Waals surface area contributed by atoms with Gasteiger partial charge in [-0.25, -0.2) is 14.4 Å². The van der Waals surface area contributed by atoms with Crippen molar-refractivity contribution in [2.45, 2.75) is 32.0 Å². The number of hydrogen-bond acceptors (Lipinski definition) is 6. The number of benzene rings is 1. The van der Waals surface area contributed by atoms with E-state index in [0.717, 1.165) is 36.2 Å². The van der Waals surface area contributed by atoms with E-state index in [0.29, 0.717) is 28.5 Å². The summed E-state index contributed by atoms with van der Waals surface area (Å²) in [4.78, 5) is 22.1. The SMILES string of the molecule is CC(On1ccc2nc(-c3cncc(CN4CCC(N)C4)n3)ccc21)c1c(Cl)ccc(F)c1Cl. The van der Waals surface area contributed by atoms with Gasteiger partial charge in [-0.2, -0.15) is 4.73 Å². The fourth-order valence-electron chi connectivity index (χ4n) is 4.21. The molecule has 0 saturated carbocycles. The molecule has 1 aromatic carbocycles. The zero-order chi connectivity index (χ0) is 23.8. The molecule has 0 amide bonds. The van der Waals surface area contributed by atoms with Gasteiger partial charge in [0.1, 0.15) is 17.0 Å². The van der Waals surface area contributed by atoms with Gasteiger partial charge in [0.2, 0.25) is 0 Å². The van der Waals surface area contributed by atoms with Crippen molar-refractivity contribution in [3.8, 4) is 11.4 Å². The molecule has 2 atom stereocenters. The van der Waals surface area contributed by atoms with Crippen LogP contribution in [0.15, 0.2) is 48.9 Å². The second-order valence-electron chi connectivity index (χ2n) is 8.43. The summed E-state index contributed by atoms with van der Waals surface area (Å²) in [7, 11) is 0. The van der Waals surface area contributed by atoms with Gasteiger partial charge in [0.05, 0.1) is 28.1 Å². The van der Waals surface area contributed by atoms with Crippen molar-refractivity contribution >= 4 is 34.2 Å². The Kier molecular flexibility index (Phi) is 6.40. The molecular weight excluding hydrogens is 478 g/mol. The molecule has 1 aliphatic heterocycles. The summed E-state index contributed by atoms with van der Waals surface area (Å²) >= 11 is 12.4. The number of fused-ring (bicyclic) bond motifs is 1. The number of halogens is 3. The molecule has 1 fully saturated rings. The van der Waals surface area contributed by atoms with Gasteiger partial charge in [-0.15, -0.1) is 0 Å². The summed E-state index contributed by atoms with van der Waals surface area (Å²) in [6.45, 7) is 4.31. The van der Waals surface area contributed by atoms with Gasteiger partial charge in [-0.05, 0) is 43.7 Å². The molecule has 34 heavy (non-hydrogen) atoms. The number of nitrogens with two attached hydrogens (primary N) is 1. The van der Waals surface area contributed by atoms with Crippen LogP contribution >= 0.6 is 23.2 Å². The Hall–Kier alpha value is -2.78. The van der Waals surface area contributed by atoms with E-state index < -0.39 is 11.9 Å². The van der Waals surface area contributed by atoms with Gasteiger partial charge in [0, 0.05) is 48.7 Å². The van der Waals surface area contributed by atoms with Crippen LogP contribution in [0, 0.1) is 5.82 Å². The highest BCUT2D eigenvalue weighted by Gasteiger charge is 2.21. The predicted molar refractivity (Wildman–Crippen MR) is 130 cm³/mol. The van der Waals surface area contributed by atoms with Gasteiger partial charge < -0.3 is 10.6 Å². The molecule has 7 nitrogen and oxygen atoms in total. The minimum absolute atomic E-state index is 0.0498. The Morgan fingerprint density at radius 3 is 2.79 bits per heavy atom. The third-order valence-corrected chi connectivity index (χ3v) is 6.62. The Morgan fingerprint density at radius 2 is 2.00 bits per heavy atom. The molecule has 5 rings (SSSR count). The van der Waals surface area contributed by atoms with Crippen LogP contribution in [0.2, 0.25) is 10.0 Å². The van der Waals surface area contributed by atoms with E-state index in [4.69, 9.17) is 43.7 Å². The molecule has 2 unspecified atom stereocenters. The average molecular weight is 501 g/mol. The number of pyridine rings is 1. The lowest BCUT2D eigenvalue weighted by Gasteiger charge is -2.18. The van der Waals surface area contributed by atoms with Crippen molar-refractivity contribution < 1.29 is 9.23 Å². The van der Waals surface area contributed by atoms with Crippen molar-refractivity contribution in [1.29, 1.82) is 0 Å². The zero-order valence-electron chi connectivity index (χ0n) is 18.5. The quantitative estimate of drug-likeness (QED) is 0.387. The summed E-state index contributed by atoms with van der Waals surface area (Å²) in [6, 6.07) is 8.52. The first kappa shape index (κ1) is 23.0. The lowest BCUT2D eigenvalue weighted by molar-refractivity contribution is 0.0562. The first-order chi connectivity index (χ1) is 16.4. The lowest BCUT2D eigenvalue weighted by Crippen LogP contribution is -2.26. The largest absolute Gasteiger partial charge is 0.406 e. The molecule has 3 aromatic heterocycles. The molecule has 0 aliphatic carbocycles. The van der Waals surface area contributed by atoms with Crippen LogP contribution in [0.3, 0.4) is 0 Å². The molecule has 1 aliphatic rings. The van der Waals surface area contributed by atoms with Gasteiger partial charge in [0.15, 0.2) is 6.10 Å². The molecule has 0 spiro atoms. The van der Waals surface area contributed by atoms with Crippen LogP contribution in [-0.4, -0.2) is 43.7 Å². The minimum Gasteiger partial charge on any atom is -0.406 e. The van der Waals surface area contributed by atoms with E-state index in [1.807, 2.05) is 18.2 Å². The second kappa shape index (κ2) is 9.46. The number of aromatic nitrogens is 4. The highest BCUT2D eigenvalue weighted by atomic mass is 35.5. The minimum atomic E-state index is -0.591. The van der Waals surface area contributed by atoms with Gasteiger partial charge in [-0.3, -0.25) is 9.88 Å². The van der Waals surface area contributed by atoms with E-state index in [2.05, 4.69) is 9.88 Å². The molecular formula is C24H23Cl2FN6O. The van der Waals surface area contributed by atoms with Crippen molar-refractivity contribution in [2.24, 2.45) is 5.73 Å². The Balaban J connectivity index is 1.37. The molecule has 2 N–H and O–H groups in total. The van der Waals surface area contributed by atoms with Gasteiger partial charge >= 0.3 is 0 Å². The second-order valence-corrected chi connectivity index (χ2v) is 9.21. The summed E-state index contributed by atoms with van der Waals surface area (Å²) in [5.41, 5.74) is 10.2. The Morgan fingerprint density at radius 1 is 1.15 bits per heavy atom. The van der Waals surface area contributed by atoms with Gasteiger partial charge in [-0.1, -0.05) is 23.2 Å². The Labute approximate surface area is 206 Å². The summed E-state index contributed by atoms with van der Waals surface area (Å²) in [5, 5.41) is 0.288. The third kappa shape index (κ3) is 4.59. The molecule has 10 heteroatoms. The summed E-state index contributed by atoms with van der Waals surface area (Å²) in [5.74, 6) is -0.545. The highest BCUT2D eigenvalue weighted by molar-refractivity contribution is 6.36. The fourth-order valence-corrected chi connectivity index (χ4v) is 4.89. The van der Waals surface area contributed by atoms with Crippen molar-refractivity contribution in [3.05, 3.63) is 76.0 Å². The van der Waals surface area contributed by atoms with Crippen LogP contribution in [-0.2, 0) is 6.54 Å². The van der Waals surface area contributed by atoms with Crippen LogP contribution < -0.4 is 10.6 Å². The van der Waals surface area contributed by atoms with Crippen LogP contribution in [0.5, 0.6) is 0 Å². The van der Waals surface area contributed by atoms with E-state index in [9.17, 15) is 4.39 Å². The van der Waals surface area contributed by atoms with E-state index in [-0.39, 0.29) is 11.1 Å². The molecule has 1 saturated heterocycles. The number of likely N-dealkylation sites (tertiary alicyclic amines) is 1. The van der Waals surface area contributed by atoms with Gasteiger partial charge in [0.25, 0.3) is 0 Å². The normalized spacial score (nSPS) is 17.4. The molecule has 4 heterocycles. The van der Waals surface area contributed by atoms with Crippen LogP contribution in [0.25, 0.3) is 22.4 Å². The maximum Gasteiger partial charge on any atom is 0.150 e. The topological polar surface area (TPSA) is 82.1 Å². The average Bonchev–Trinajstić information content (AvgIpc) is 3.42. The maximum absolute atomic E-state index is 13.9. The number of hydrogen-bond donors (Lipinski definition) is 1. The third-order valence-electron chi connectivity index (χ3n) is 5.91. The van der Waals surface area contributed by atoms with E-state index in [1.165, 1.54) is 12.1 Å². The van der Waals surface area contributed by atoms with E-state index >= 15 is 0 Å². The number of nitrogens with zero attached hydrogens (tertiary/aromatic N) is 5. The standard InChI is InChI=1S/C24H23Cl2FN6O/c1-14(23-17(25)2-3-18(27)24(23)26)34-33-9-7-20-22(33)5-4-19(31-20)21-11-29-10-16(30-21)13-32-8-6-15(28)12-32/h2-5,7,9-11,14-15H,6,8,12-13,28H2,1H3. The van der Waals surface area contributed by atoms with Crippen molar-refractivity contribution in [3.63, 3.8) is 0 Å². The Bertz CT molecular complexity index is 1350. The molecule has 0 radical (unpaired) electrons. The number of rotatable bonds is 6. The summed E-state index contributed by atoms with van der Waals surface area (Å²) < 4.78 is 15.5. The monoisotopic (exact) mass is 500 g/mol. The van der Waals surface area contributed by atoms with Crippen LogP contribution in [0.4, 0.5) is 4.39 Å². The lowest BCUT2D eigenvalue weighted by atomic mass is 10.1. The maximum atomic E-state index is 13.9. The fraction of sp³-hybridized carbons (Fsp3) is 0.292. The highest BCUT2D eigenvalue weighted by Crippen LogP contribution is 2.33. The predicted octanol–water partition coefficient (Wildman–Crippen LogP) is 4.66. The summed E-state index contributed by atoms with van der Waals surface area (Å²) in [6.07, 6.45) is 5.64. The smallest absolute Gasteiger partial charge is 0.150 e. The molecule has 176 valence electrons. The molecule has 0 bridgehead atoms. The van der Waals surface area contributed by atoms with E-state index in [1.54, 1.807) is 30.2 Å². The van der Waals surface area contributed by atoms with Crippen molar-refractivity contribution in [2.75, 3.05) is 13.1 Å².